The molecule has 0 fully saturated rings. The number of aromatic nitrogens is 4. The molecular formula is C30H29N9O3. The van der Waals surface area contributed by atoms with Crippen molar-refractivity contribution < 1.29 is 14.3 Å². The Kier molecular flexibility index (Phi) is 7.01. The van der Waals surface area contributed by atoms with Gasteiger partial charge in [-0.3, -0.25) is 15.0 Å². The highest BCUT2D eigenvalue weighted by Crippen LogP contribution is 2.24. The first-order valence-corrected chi connectivity index (χ1v) is 13.4. The van der Waals surface area contributed by atoms with Crippen LogP contribution in [0.2, 0.25) is 0 Å². The van der Waals surface area contributed by atoms with Crippen LogP contribution in [0, 0.1) is 5.41 Å². The van der Waals surface area contributed by atoms with Crippen LogP contribution in [0.5, 0.6) is 0 Å². The van der Waals surface area contributed by atoms with Crippen molar-refractivity contribution in [1.29, 1.82) is 5.41 Å². The maximum atomic E-state index is 13.0. The topological polar surface area (TPSA) is 167 Å². The molecule has 1 amide bonds. The Morgan fingerprint density at radius 2 is 2.07 bits per heavy atom. The number of hydrogen-bond acceptors (Lipinski definition) is 7. The summed E-state index contributed by atoms with van der Waals surface area (Å²) < 4.78 is 7.55. The molecule has 6 rings (SSSR count). The number of rotatable bonds is 8. The number of amides is 1. The summed E-state index contributed by atoms with van der Waals surface area (Å²) in [6, 6.07) is 11.0. The molecule has 0 spiro atoms. The minimum absolute atomic E-state index is 0.0377. The van der Waals surface area contributed by atoms with Crippen LogP contribution in [0.4, 0.5) is 5.69 Å². The number of carbonyl (C=O) groups is 2. The molecule has 1 aliphatic heterocycles. The Morgan fingerprint density at radius 3 is 2.90 bits per heavy atom. The van der Waals surface area contributed by atoms with E-state index in [4.69, 9.17) is 20.9 Å². The Labute approximate surface area is 240 Å². The second kappa shape index (κ2) is 11.1. The smallest absolute Gasteiger partial charge is 0.251 e. The van der Waals surface area contributed by atoms with E-state index in [1.165, 1.54) is 0 Å². The van der Waals surface area contributed by atoms with Gasteiger partial charge < -0.3 is 35.6 Å². The summed E-state index contributed by atoms with van der Waals surface area (Å²) in [5.74, 6) is 1.89. The van der Waals surface area contributed by atoms with Gasteiger partial charge in [0.25, 0.3) is 5.91 Å². The number of allylic oxidation sites excluding steroid dienone is 4. The standard InChI is InChI=1S/C30H29N9O3/c1-38-25-14-19(29(41)33-9-10-39-11-12-42-26(17-39)18-3-2-4-21(40)13-18)5-7-23(25)37-28(38)16-27-35-22-8-6-20(34-30(31)32)15-24(22)36-27/h2-8,11-12,14-15,17H,9-10,13,16H2,1H3,(H,33,41)(H,35,36)(H4,31,32,34). The highest BCUT2D eigenvalue weighted by molar-refractivity contribution is 5.97. The first-order chi connectivity index (χ1) is 20.3. The predicted molar refractivity (Wildman–Crippen MR) is 159 cm³/mol. The van der Waals surface area contributed by atoms with E-state index in [1.54, 1.807) is 30.7 Å². The molecule has 2 aromatic carbocycles. The van der Waals surface area contributed by atoms with Gasteiger partial charge in [0.05, 0.1) is 28.5 Å². The normalized spacial score (nSPS) is 14.6. The van der Waals surface area contributed by atoms with E-state index in [9.17, 15) is 9.59 Å². The molecule has 212 valence electrons. The van der Waals surface area contributed by atoms with Crippen LogP contribution in [-0.4, -0.2) is 55.2 Å². The Balaban J connectivity index is 1.10. The number of benzene rings is 2. The number of hydrogen-bond donors (Lipinski definition) is 5. The van der Waals surface area contributed by atoms with Gasteiger partial charge in [0.1, 0.15) is 23.7 Å². The molecule has 0 atom stereocenters. The number of nitrogens with zero attached hydrogens (tertiary/aromatic N) is 4. The number of ketones is 1. The molecule has 1 aliphatic carbocycles. The van der Waals surface area contributed by atoms with Crippen LogP contribution in [0.3, 0.4) is 0 Å². The molecule has 0 unspecified atom stereocenters. The van der Waals surface area contributed by atoms with E-state index in [0.29, 0.717) is 42.9 Å². The van der Waals surface area contributed by atoms with Gasteiger partial charge in [-0.05, 0) is 42.5 Å². The fraction of sp³-hybridized carbons (Fsp3) is 0.167. The molecule has 4 aromatic rings. The molecule has 6 N–H and O–H groups in total. The summed E-state index contributed by atoms with van der Waals surface area (Å²) in [5, 5.41) is 13.2. The molecule has 12 heteroatoms. The van der Waals surface area contributed by atoms with Gasteiger partial charge in [0.2, 0.25) is 0 Å². The van der Waals surface area contributed by atoms with Gasteiger partial charge in [-0.15, -0.1) is 0 Å². The Hall–Kier alpha value is -5.65. The van der Waals surface area contributed by atoms with Crippen LogP contribution in [0.15, 0.2) is 84.6 Å². The van der Waals surface area contributed by atoms with Gasteiger partial charge in [-0.1, -0.05) is 12.2 Å². The molecular weight excluding hydrogens is 534 g/mol. The van der Waals surface area contributed by atoms with Crippen LogP contribution in [0.25, 0.3) is 22.1 Å². The molecule has 0 saturated heterocycles. The molecule has 0 bridgehead atoms. The van der Waals surface area contributed by atoms with E-state index < -0.39 is 0 Å². The third-order valence-electron chi connectivity index (χ3n) is 7.02. The third-order valence-corrected chi connectivity index (χ3v) is 7.02. The summed E-state index contributed by atoms with van der Waals surface area (Å²) in [6.45, 7) is 0.948. The Bertz CT molecular complexity index is 1860. The zero-order valence-electron chi connectivity index (χ0n) is 22.8. The minimum Gasteiger partial charge on any atom is -0.462 e. The van der Waals surface area contributed by atoms with E-state index in [2.05, 4.69) is 20.6 Å². The Morgan fingerprint density at radius 1 is 1.19 bits per heavy atom. The summed E-state index contributed by atoms with van der Waals surface area (Å²) in [5.41, 5.74) is 10.7. The zero-order chi connectivity index (χ0) is 29.2. The van der Waals surface area contributed by atoms with Crippen LogP contribution in [-0.2, 0) is 23.0 Å². The van der Waals surface area contributed by atoms with Gasteiger partial charge in [0.15, 0.2) is 11.7 Å². The third kappa shape index (κ3) is 5.63. The van der Waals surface area contributed by atoms with Crippen molar-refractivity contribution in [2.24, 2.45) is 12.8 Å². The summed E-state index contributed by atoms with van der Waals surface area (Å²) in [7, 11) is 1.92. The first-order valence-electron chi connectivity index (χ1n) is 13.4. The molecule has 2 aromatic heterocycles. The SMILES string of the molecule is Cn1c(Cc2nc3cc(NC(=N)N)ccc3[nH]2)nc2ccc(C(=O)NCCN3C=COC(C4=CC=CC(=O)C4)=C3)cc21. The van der Waals surface area contributed by atoms with Gasteiger partial charge in [0, 0.05) is 55.8 Å². The van der Waals surface area contributed by atoms with E-state index >= 15 is 0 Å². The number of guanidine groups is 1. The van der Waals surface area contributed by atoms with Crippen molar-refractivity contribution >= 4 is 45.4 Å². The number of aromatic amines is 1. The van der Waals surface area contributed by atoms with E-state index in [1.807, 2.05) is 59.1 Å². The summed E-state index contributed by atoms with van der Waals surface area (Å²) in [4.78, 5) is 39.4. The average Bonchev–Trinajstić information content (AvgIpc) is 3.52. The highest BCUT2D eigenvalue weighted by atomic mass is 16.5. The first kappa shape index (κ1) is 26.6. The number of fused-ring (bicyclic) bond motifs is 2. The molecule has 0 radical (unpaired) electrons. The zero-order valence-corrected chi connectivity index (χ0v) is 22.8. The number of aryl methyl sites for hydroxylation is 1. The molecule has 42 heavy (non-hydrogen) atoms. The fourth-order valence-corrected chi connectivity index (χ4v) is 4.92. The van der Waals surface area contributed by atoms with Gasteiger partial charge in [-0.2, -0.15) is 0 Å². The maximum Gasteiger partial charge on any atom is 0.251 e. The lowest BCUT2D eigenvalue weighted by Crippen LogP contribution is -2.31. The molecule has 12 nitrogen and oxygen atoms in total. The van der Waals surface area contributed by atoms with E-state index in [-0.39, 0.29) is 17.6 Å². The van der Waals surface area contributed by atoms with Crippen LogP contribution < -0.4 is 16.4 Å². The molecule has 2 aliphatic rings. The lowest BCUT2D eigenvalue weighted by atomic mass is 10.0. The average molecular weight is 564 g/mol. The largest absolute Gasteiger partial charge is 0.462 e. The predicted octanol–water partition coefficient (Wildman–Crippen LogP) is 3.18. The van der Waals surface area contributed by atoms with Crippen LogP contribution >= 0.6 is 0 Å². The number of carbonyl (C=O) groups excluding carboxylic acids is 2. The number of nitrogens with two attached hydrogens (primary N) is 1. The molecule has 0 saturated carbocycles. The van der Waals surface area contributed by atoms with E-state index in [0.717, 1.165) is 39.3 Å². The quantitative estimate of drug-likeness (QED) is 0.161. The minimum atomic E-state index is -0.181. The van der Waals surface area contributed by atoms with Crippen molar-refractivity contribution in [3.8, 4) is 0 Å². The molecule has 3 heterocycles. The maximum absolute atomic E-state index is 13.0. The van der Waals surface area contributed by atoms with Gasteiger partial charge in [-0.25, -0.2) is 9.97 Å². The van der Waals surface area contributed by atoms with Crippen molar-refractivity contribution in [2.45, 2.75) is 12.8 Å². The lowest BCUT2D eigenvalue weighted by Gasteiger charge is -2.23. The van der Waals surface area contributed by atoms with Crippen LogP contribution in [0.1, 0.15) is 28.4 Å². The van der Waals surface area contributed by atoms with Crippen molar-refractivity contribution in [1.82, 2.24) is 29.7 Å². The van der Waals surface area contributed by atoms with Crippen molar-refractivity contribution in [3.63, 3.8) is 0 Å². The second-order valence-corrected chi connectivity index (χ2v) is 10.0. The number of imidazole rings is 2. The number of anilines is 1. The summed E-state index contributed by atoms with van der Waals surface area (Å²) in [6.07, 6.45) is 11.1. The monoisotopic (exact) mass is 563 g/mol. The second-order valence-electron chi connectivity index (χ2n) is 10.0. The van der Waals surface area contributed by atoms with Gasteiger partial charge >= 0.3 is 0 Å². The lowest BCUT2D eigenvalue weighted by molar-refractivity contribution is -0.114. The number of H-pyrrole nitrogens is 1. The number of ether oxygens (including phenoxy) is 1. The van der Waals surface area contributed by atoms with Crippen molar-refractivity contribution in [3.05, 3.63) is 102 Å². The summed E-state index contributed by atoms with van der Waals surface area (Å²) >= 11 is 0. The fourth-order valence-electron chi connectivity index (χ4n) is 4.92. The highest BCUT2D eigenvalue weighted by Gasteiger charge is 2.17. The van der Waals surface area contributed by atoms with Crippen molar-refractivity contribution in [2.75, 3.05) is 18.4 Å². The number of nitrogens with one attached hydrogen (secondary N) is 4.